The second-order valence-electron chi connectivity index (χ2n) is 7.63. The van der Waals surface area contributed by atoms with Crippen molar-refractivity contribution in [3.63, 3.8) is 0 Å². The summed E-state index contributed by atoms with van der Waals surface area (Å²) in [5.41, 5.74) is 3.90. The Morgan fingerprint density at radius 1 is 1.07 bits per heavy atom. The molecule has 2 amide bonds. The van der Waals surface area contributed by atoms with Crippen LogP contribution < -0.4 is 0 Å². The van der Waals surface area contributed by atoms with Crippen molar-refractivity contribution in [2.45, 2.75) is 39.5 Å². The number of rotatable bonds is 4. The Morgan fingerprint density at radius 2 is 1.81 bits per heavy atom. The van der Waals surface area contributed by atoms with Crippen molar-refractivity contribution in [2.75, 3.05) is 26.2 Å². The number of carbonyl (C=O) groups excluding carboxylic acids is 2. The molecule has 1 aliphatic rings. The van der Waals surface area contributed by atoms with Crippen molar-refractivity contribution in [1.29, 1.82) is 0 Å². The van der Waals surface area contributed by atoms with Crippen LogP contribution in [0.4, 0.5) is 0 Å². The molecule has 0 radical (unpaired) electrons. The molecular formula is C22H29N3O2. The first-order valence-electron chi connectivity index (χ1n) is 9.75. The molecule has 27 heavy (non-hydrogen) atoms. The minimum Gasteiger partial charge on any atom is -0.365 e. The van der Waals surface area contributed by atoms with Crippen molar-refractivity contribution >= 4 is 11.8 Å². The molecule has 1 aromatic carbocycles. The van der Waals surface area contributed by atoms with E-state index in [2.05, 4.69) is 24.9 Å². The van der Waals surface area contributed by atoms with Gasteiger partial charge < -0.3 is 14.8 Å². The van der Waals surface area contributed by atoms with E-state index in [1.165, 1.54) is 5.56 Å². The number of aromatic nitrogens is 1. The van der Waals surface area contributed by atoms with Gasteiger partial charge in [0, 0.05) is 43.6 Å². The van der Waals surface area contributed by atoms with Gasteiger partial charge in [-0.3, -0.25) is 9.59 Å². The van der Waals surface area contributed by atoms with Crippen LogP contribution in [-0.2, 0) is 11.2 Å². The van der Waals surface area contributed by atoms with E-state index in [1.807, 2.05) is 47.2 Å². The SMILES string of the molecule is Cc1ccc(C(C)C)cc1C(=O)N1CCCN(C(=O)Cc2ccc[nH]2)CC1. The highest BCUT2D eigenvalue weighted by atomic mass is 16.2. The van der Waals surface area contributed by atoms with E-state index in [9.17, 15) is 9.59 Å². The summed E-state index contributed by atoms with van der Waals surface area (Å²) in [7, 11) is 0. The Kier molecular flexibility index (Phi) is 5.99. The summed E-state index contributed by atoms with van der Waals surface area (Å²) in [6.07, 6.45) is 3.03. The minimum absolute atomic E-state index is 0.0775. The number of aryl methyl sites for hydroxylation is 1. The molecule has 3 rings (SSSR count). The Bertz CT molecular complexity index is 796. The molecule has 0 saturated carbocycles. The summed E-state index contributed by atoms with van der Waals surface area (Å²) < 4.78 is 0. The number of hydrogen-bond donors (Lipinski definition) is 1. The van der Waals surface area contributed by atoms with Gasteiger partial charge in [-0.05, 0) is 48.6 Å². The van der Waals surface area contributed by atoms with Crippen LogP contribution in [0.25, 0.3) is 0 Å². The molecular weight excluding hydrogens is 338 g/mol. The maximum absolute atomic E-state index is 13.1. The summed E-state index contributed by atoms with van der Waals surface area (Å²) >= 11 is 0. The molecule has 0 atom stereocenters. The average molecular weight is 367 g/mol. The highest BCUT2D eigenvalue weighted by Gasteiger charge is 2.24. The monoisotopic (exact) mass is 367 g/mol. The normalized spacial score (nSPS) is 15.1. The van der Waals surface area contributed by atoms with E-state index in [1.54, 1.807) is 0 Å². The van der Waals surface area contributed by atoms with E-state index in [0.717, 1.165) is 23.2 Å². The molecule has 1 aliphatic heterocycles. The van der Waals surface area contributed by atoms with Gasteiger partial charge in [-0.2, -0.15) is 0 Å². The summed E-state index contributed by atoms with van der Waals surface area (Å²) in [4.78, 5) is 32.5. The van der Waals surface area contributed by atoms with Gasteiger partial charge in [0.05, 0.1) is 6.42 Å². The van der Waals surface area contributed by atoms with Crippen molar-refractivity contribution in [2.24, 2.45) is 0 Å². The summed E-state index contributed by atoms with van der Waals surface area (Å²) in [5.74, 6) is 0.584. The number of amides is 2. The minimum atomic E-state index is 0.0775. The Morgan fingerprint density at radius 3 is 2.52 bits per heavy atom. The molecule has 5 nitrogen and oxygen atoms in total. The fraction of sp³-hybridized carbons (Fsp3) is 0.455. The molecule has 0 aliphatic carbocycles. The molecule has 1 aromatic heterocycles. The topological polar surface area (TPSA) is 56.4 Å². The number of nitrogens with one attached hydrogen (secondary N) is 1. The van der Waals surface area contributed by atoms with E-state index in [-0.39, 0.29) is 11.8 Å². The maximum Gasteiger partial charge on any atom is 0.254 e. The first kappa shape index (κ1) is 19.2. The van der Waals surface area contributed by atoms with Crippen LogP contribution in [0.3, 0.4) is 0 Å². The van der Waals surface area contributed by atoms with Gasteiger partial charge in [-0.1, -0.05) is 26.0 Å². The third kappa shape index (κ3) is 4.59. The molecule has 5 heteroatoms. The standard InChI is InChI=1S/C22H29N3O2/c1-16(2)18-8-7-17(3)20(14-18)22(27)25-11-5-10-24(12-13-25)21(26)15-19-6-4-9-23-19/h4,6-9,14,16,23H,5,10-13,15H2,1-3H3. The number of H-pyrrole nitrogens is 1. The highest BCUT2D eigenvalue weighted by molar-refractivity contribution is 5.96. The summed E-state index contributed by atoms with van der Waals surface area (Å²) in [6, 6.07) is 9.99. The molecule has 144 valence electrons. The van der Waals surface area contributed by atoms with Gasteiger partial charge in [0.2, 0.25) is 5.91 Å². The molecule has 0 spiro atoms. The first-order valence-corrected chi connectivity index (χ1v) is 9.75. The zero-order chi connectivity index (χ0) is 19.4. The van der Waals surface area contributed by atoms with E-state index in [0.29, 0.717) is 38.5 Å². The quantitative estimate of drug-likeness (QED) is 0.901. The summed E-state index contributed by atoms with van der Waals surface area (Å²) in [5, 5.41) is 0. The third-order valence-corrected chi connectivity index (χ3v) is 5.30. The van der Waals surface area contributed by atoms with Gasteiger partial charge >= 0.3 is 0 Å². The second-order valence-corrected chi connectivity index (χ2v) is 7.63. The predicted molar refractivity (Wildman–Crippen MR) is 107 cm³/mol. The van der Waals surface area contributed by atoms with Crippen LogP contribution in [0.5, 0.6) is 0 Å². The van der Waals surface area contributed by atoms with Crippen molar-refractivity contribution in [1.82, 2.24) is 14.8 Å². The van der Waals surface area contributed by atoms with Crippen LogP contribution in [0.2, 0.25) is 0 Å². The second kappa shape index (κ2) is 8.42. The van der Waals surface area contributed by atoms with Gasteiger partial charge in [0.15, 0.2) is 0 Å². The lowest BCUT2D eigenvalue weighted by molar-refractivity contribution is -0.130. The number of benzene rings is 1. The molecule has 1 fully saturated rings. The fourth-order valence-corrected chi connectivity index (χ4v) is 3.52. The maximum atomic E-state index is 13.1. The zero-order valence-corrected chi connectivity index (χ0v) is 16.5. The molecule has 2 aromatic rings. The lowest BCUT2D eigenvalue weighted by Gasteiger charge is -2.23. The number of aromatic amines is 1. The average Bonchev–Trinajstić information content (AvgIpc) is 3.02. The summed E-state index contributed by atoms with van der Waals surface area (Å²) in [6.45, 7) is 8.83. The lowest BCUT2D eigenvalue weighted by atomic mass is 9.97. The molecule has 1 N–H and O–H groups in total. The molecule has 1 saturated heterocycles. The highest BCUT2D eigenvalue weighted by Crippen LogP contribution is 2.20. The largest absolute Gasteiger partial charge is 0.365 e. The number of hydrogen-bond acceptors (Lipinski definition) is 2. The van der Waals surface area contributed by atoms with Crippen LogP contribution in [0.15, 0.2) is 36.5 Å². The van der Waals surface area contributed by atoms with Gasteiger partial charge in [0.25, 0.3) is 5.91 Å². The van der Waals surface area contributed by atoms with E-state index < -0.39 is 0 Å². The zero-order valence-electron chi connectivity index (χ0n) is 16.5. The van der Waals surface area contributed by atoms with Crippen LogP contribution >= 0.6 is 0 Å². The van der Waals surface area contributed by atoms with Crippen LogP contribution in [0, 0.1) is 6.92 Å². The fourth-order valence-electron chi connectivity index (χ4n) is 3.52. The van der Waals surface area contributed by atoms with Gasteiger partial charge in [0.1, 0.15) is 0 Å². The van der Waals surface area contributed by atoms with Crippen molar-refractivity contribution in [3.8, 4) is 0 Å². The lowest BCUT2D eigenvalue weighted by Crippen LogP contribution is -2.38. The number of carbonyl (C=O) groups is 2. The van der Waals surface area contributed by atoms with Gasteiger partial charge in [-0.25, -0.2) is 0 Å². The molecule has 0 bridgehead atoms. The number of nitrogens with zero attached hydrogens (tertiary/aromatic N) is 2. The van der Waals surface area contributed by atoms with Crippen LogP contribution in [-0.4, -0.2) is 52.8 Å². The van der Waals surface area contributed by atoms with E-state index in [4.69, 9.17) is 0 Å². The van der Waals surface area contributed by atoms with Crippen molar-refractivity contribution < 1.29 is 9.59 Å². The van der Waals surface area contributed by atoms with Crippen molar-refractivity contribution in [3.05, 3.63) is 58.9 Å². The Labute approximate surface area is 161 Å². The molecule has 0 unspecified atom stereocenters. The first-order chi connectivity index (χ1) is 13.0. The Hall–Kier alpha value is -2.56. The predicted octanol–water partition coefficient (Wildman–Crippen LogP) is 3.36. The smallest absolute Gasteiger partial charge is 0.254 e. The Balaban J connectivity index is 1.66. The van der Waals surface area contributed by atoms with Gasteiger partial charge in [-0.15, -0.1) is 0 Å². The van der Waals surface area contributed by atoms with E-state index >= 15 is 0 Å². The molecule has 2 heterocycles. The third-order valence-electron chi connectivity index (χ3n) is 5.30. The van der Waals surface area contributed by atoms with Crippen LogP contribution in [0.1, 0.15) is 53.4 Å².